The molecule has 0 heterocycles. The molecule has 1 unspecified atom stereocenters. The van der Waals surface area contributed by atoms with Crippen molar-refractivity contribution in [1.82, 2.24) is 0 Å². The van der Waals surface area contributed by atoms with E-state index < -0.39 is 0 Å². The molecule has 1 saturated carbocycles. The molecule has 78 valence electrons. The van der Waals surface area contributed by atoms with Crippen LogP contribution in [-0.2, 0) is 4.74 Å². The zero-order valence-corrected chi connectivity index (χ0v) is 8.83. The minimum Gasteiger partial charge on any atom is -0.396 e. The number of rotatable bonds is 7. The van der Waals surface area contributed by atoms with Gasteiger partial charge >= 0.3 is 0 Å². The fourth-order valence-electron chi connectivity index (χ4n) is 1.55. The number of aliphatic hydroxyl groups is 1. The highest BCUT2D eigenvalue weighted by Crippen LogP contribution is 2.29. The molecule has 0 radical (unpaired) electrons. The first-order valence-corrected chi connectivity index (χ1v) is 5.41. The first-order valence-electron chi connectivity index (χ1n) is 5.41. The van der Waals surface area contributed by atoms with Gasteiger partial charge in [-0.2, -0.15) is 0 Å². The topological polar surface area (TPSA) is 29.5 Å². The fraction of sp³-hybridized carbons (Fsp3) is 1.00. The van der Waals surface area contributed by atoms with Gasteiger partial charge in [-0.3, -0.25) is 0 Å². The second-order valence-corrected chi connectivity index (χ2v) is 4.66. The Morgan fingerprint density at radius 2 is 2.08 bits per heavy atom. The Bertz CT molecular complexity index is 130. The zero-order chi connectivity index (χ0) is 9.68. The van der Waals surface area contributed by atoms with Gasteiger partial charge in [0, 0.05) is 19.1 Å². The van der Waals surface area contributed by atoms with Crippen LogP contribution in [0.5, 0.6) is 0 Å². The standard InChI is InChI=1S/C11H22O2/c1-9(2)5-11(6-12)8-13-7-10-3-4-10/h9-12H,3-8H2,1-2H3. The largest absolute Gasteiger partial charge is 0.396 e. The van der Waals surface area contributed by atoms with Gasteiger partial charge in [0.05, 0.1) is 6.61 Å². The second-order valence-electron chi connectivity index (χ2n) is 4.66. The number of hydrogen-bond acceptors (Lipinski definition) is 2. The molecule has 0 aromatic heterocycles. The van der Waals surface area contributed by atoms with Gasteiger partial charge in [0.25, 0.3) is 0 Å². The summed E-state index contributed by atoms with van der Waals surface area (Å²) < 4.78 is 5.55. The third-order valence-electron chi connectivity index (χ3n) is 2.47. The van der Waals surface area contributed by atoms with Crippen molar-refractivity contribution in [3.8, 4) is 0 Å². The summed E-state index contributed by atoms with van der Waals surface area (Å²) in [7, 11) is 0. The van der Waals surface area contributed by atoms with Gasteiger partial charge in [-0.15, -0.1) is 0 Å². The molecule has 1 aliphatic rings. The maximum absolute atomic E-state index is 9.08. The lowest BCUT2D eigenvalue weighted by Gasteiger charge is -2.16. The molecule has 0 spiro atoms. The third kappa shape index (κ3) is 5.27. The van der Waals surface area contributed by atoms with Crippen LogP contribution in [0.25, 0.3) is 0 Å². The van der Waals surface area contributed by atoms with Crippen LogP contribution in [0.1, 0.15) is 33.1 Å². The number of ether oxygens (including phenoxy) is 1. The van der Waals surface area contributed by atoms with Crippen molar-refractivity contribution in [1.29, 1.82) is 0 Å². The van der Waals surface area contributed by atoms with Gasteiger partial charge < -0.3 is 9.84 Å². The monoisotopic (exact) mass is 186 g/mol. The van der Waals surface area contributed by atoms with Gasteiger partial charge in [-0.25, -0.2) is 0 Å². The molecule has 0 aromatic carbocycles. The molecule has 0 aliphatic heterocycles. The Hall–Kier alpha value is -0.0800. The summed E-state index contributed by atoms with van der Waals surface area (Å²) >= 11 is 0. The van der Waals surface area contributed by atoms with Gasteiger partial charge in [0.2, 0.25) is 0 Å². The molecule has 1 atom stereocenters. The highest BCUT2D eigenvalue weighted by atomic mass is 16.5. The average Bonchev–Trinajstić information content (AvgIpc) is 2.85. The summed E-state index contributed by atoms with van der Waals surface area (Å²) in [5.74, 6) is 1.83. The first kappa shape index (κ1) is 11.0. The van der Waals surface area contributed by atoms with E-state index in [0.717, 1.165) is 25.6 Å². The van der Waals surface area contributed by atoms with Crippen LogP contribution in [0, 0.1) is 17.8 Å². The fourth-order valence-corrected chi connectivity index (χ4v) is 1.55. The molecule has 0 saturated heterocycles. The smallest absolute Gasteiger partial charge is 0.0516 e. The van der Waals surface area contributed by atoms with E-state index in [1.54, 1.807) is 0 Å². The Balaban J connectivity index is 2.00. The van der Waals surface area contributed by atoms with Crippen LogP contribution < -0.4 is 0 Å². The Morgan fingerprint density at radius 1 is 1.38 bits per heavy atom. The molecule has 1 rings (SSSR count). The van der Waals surface area contributed by atoms with Crippen LogP contribution in [0.15, 0.2) is 0 Å². The van der Waals surface area contributed by atoms with E-state index in [1.807, 2.05) is 0 Å². The van der Waals surface area contributed by atoms with Crippen LogP contribution in [-0.4, -0.2) is 24.9 Å². The van der Waals surface area contributed by atoms with Crippen LogP contribution in [0.4, 0.5) is 0 Å². The van der Waals surface area contributed by atoms with Crippen molar-refractivity contribution in [2.75, 3.05) is 19.8 Å². The van der Waals surface area contributed by atoms with Crippen LogP contribution in [0.2, 0.25) is 0 Å². The van der Waals surface area contributed by atoms with E-state index in [9.17, 15) is 0 Å². The molecular formula is C11H22O2. The average molecular weight is 186 g/mol. The predicted molar refractivity (Wildman–Crippen MR) is 53.6 cm³/mol. The van der Waals surface area contributed by atoms with Gasteiger partial charge in [0.1, 0.15) is 0 Å². The lowest BCUT2D eigenvalue weighted by atomic mass is 9.99. The highest BCUT2D eigenvalue weighted by Gasteiger charge is 2.21. The third-order valence-corrected chi connectivity index (χ3v) is 2.47. The van der Waals surface area contributed by atoms with Crippen molar-refractivity contribution < 1.29 is 9.84 Å². The SMILES string of the molecule is CC(C)CC(CO)COCC1CC1. The zero-order valence-electron chi connectivity index (χ0n) is 8.83. The number of aliphatic hydroxyl groups excluding tert-OH is 1. The molecule has 0 aromatic rings. The van der Waals surface area contributed by atoms with E-state index in [0.29, 0.717) is 11.8 Å². The van der Waals surface area contributed by atoms with Gasteiger partial charge in [-0.05, 0) is 31.1 Å². The lowest BCUT2D eigenvalue weighted by molar-refractivity contribution is 0.0586. The number of hydrogen-bond donors (Lipinski definition) is 1. The molecule has 1 fully saturated rings. The summed E-state index contributed by atoms with van der Waals surface area (Å²) in [6.45, 7) is 6.29. The highest BCUT2D eigenvalue weighted by molar-refractivity contribution is 4.72. The Kier molecular flexibility index (Phi) is 4.74. The minimum absolute atomic E-state index is 0.267. The predicted octanol–water partition coefficient (Wildman–Crippen LogP) is 2.07. The van der Waals surface area contributed by atoms with E-state index >= 15 is 0 Å². The van der Waals surface area contributed by atoms with E-state index in [1.165, 1.54) is 12.8 Å². The molecule has 13 heavy (non-hydrogen) atoms. The Labute approximate surface area is 81.3 Å². The van der Waals surface area contributed by atoms with Crippen molar-refractivity contribution in [2.24, 2.45) is 17.8 Å². The second kappa shape index (κ2) is 5.61. The van der Waals surface area contributed by atoms with Crippen LogP contribution >= 0.6 is 0 Å². The summed E-state index contributed by atoms with van der Waals surface area (Å²) in [6, 6.07) is 0. The molecule has 2 heteroatoms. The van der Waals surface area contributed by atoms with Crippen LogP contribution in [0.3, 0.4) is 0 Å². The minimum atomic E-state index is 0.267. The van der Waals surface area contributed by atoms with Crippen molar-refractivity contribution in [3.63, 3.8) is 0 Å². The quantitative estimate of drug-likeness (QED) is 0.659. The molecule has 0 bridgehead atoms. The van der Waals surface area contributed by atoms with E-state index in [4.69, 9.17) is 9.84 Å². The summed E-state index contributed by atoms with van der Waals surface area (Å²) in [4.78, 5) is 0. The Morgan fingerprint density at radius 3 is 2.54 bits per heavy atom. The van der Waals surface area contributed by atoms with Crippen molar-refractivity contribution in [3.05, 3.63) is 0 Å². The van der Waals surface area contributed by atoms with Crippen molar-refractivity contribution in [2.45, 2.75) is 33.1 Å². The van der Waals surface area contributed by atoms with Gasteiger partial charge in [0.15, 0.2) is 0 Å². The van der Waals surface area contributed by atoms with Crippen molar-refractivity contribution >= 4 is 0 Å². The maximum Gasteiger partial charge on any atom is 0.0516 e. The summed E-state index contributed by atoms with van der Waals surface area (Å²) in [6.07, 6.45) is 3.75. The summed E-state index contributed by atoms with van der Waals surface area (Å²) in [5.41, 5.74) is 0. The lowest BCUT2D eigenvalue weighted by Crippen LogP contribution is -2.17. The van der Waals surface area contributed by atoms with E-state index in [2.05, 4.69) is 13.8 Å². The molecule has 2 nitrogen and oxygen atoms in total. The molecule has 1 aliphatic carbocycles. The normalized spacial score (nSPS) is 19.4. The maximum atomic E-state index is 9.08. The van der Waals surface area contributed by atoms with Gasteiger partial charge in [-0.1, -0.05) is 13.8 Å². The summed E-state index contributed by atoms with van der Waals surface area (Å²) in [5, 5.41) is 9.08. The molecular weight excluding hydrogens is 164 g/mol. The molecule has 0 amide bonds. The first-order chi connectivity index (χ1) is 6.22. The van der Waals surface area contributed by atoms with E-state index in [-0.39, 0.29) is 6.61 Å². The molecule has 1 N–H and O–H groups in total.